The van der Waals surface area contributed by atoms with Crippen molar-refractivity contribution in [3.8, 4) is 12.3 Å². The quantitative estimate of drug-likeness (QED) is 0.514. The van der Waals surface area contributed by atoms with E-state index < -0.39 is 0 Å². The lowest BCUT2D eigenvalue weighted by atomic mass is 10.1. The Labute approximate surface area is 125 Å². The van der Waals surface area contributed by atoms with Crippen LogP contribution in [0.2, 0.25) is 0 Å². The van der Waals surface area contributed by atoms with Crippen LogP contribution in [0.25, 0.3) is 5.70 Å². The second kappa shape index (κ2) is 7.12. The summed E-state index contributed by atoms with van der Waals surface area (Å²) in [6.07, 6.45) is 6.88. The second-order valence-corrected chi connectivity index (χ2v) is 4.71. The van der Waals surface area contributed by atoms with E-state index >= 15 is 0 Å². The molecule has 2 rings (SSSR count). The van der Waals surface area contributed by atoms with Crippen molar-refractivity contribution in [1.82, 2.24) is 5.32 Å². The molecule has 1 N–H and O–H groups in total. The first-order valence-electron chi connectivity index (χ1n) is 6.76. The first-order chi connectivity index (χ1) is 10.2. The molecule has 0 fully saturated rings. The van der Waals surface area contributed by atoms with Gasteiger partial charge in [0, 0.05) is 17.3 Å². The van der Waals surface area contributed by atoms with Gasteiger partial charge in [0.15, 0.2) is 5.78 Å². The smallest absolute Gasteiger partial charge is 0.187 e. The molecule has 104 valence electrons. The lowest BCUT2D eigenvalue weighted by molar-refractivity contribution is 0.104. The van der Waals surface area contributed by atoms with Gasteiger partial charge in [-0.3, -0.25) is 4.79 Å². The summed E-state index contributed by atoms with van der Waals surface area (Å²) in [6, 6.07) is 17.2. The zero-order valence-electron chi connectivity index (χ0n) is 12.0. The highest BCUT2D eigenvalue weighted by molar-refractivity contribution is 6.08. The van der Waals surface area contributed by atoms with Gasteiger partial charge in [-0.1, -0.05) is 66.1 Å². The van der Waals surface area contributed by atoms with Crippen LogP contribution in [0.4, 0.5) is 0 Å². The fourth-order valence-electron chi connectivity index (χ4n) is 1.93. The van der Waals surface area contributed by atoms with E-state index in [-0.39, 0.29) is 5.78 Å². The van der Waals surface area contributed by atoms with Crippen molar-refractivity contribution in [3.05, 3.63) is 77.4 Å². The van der Waals surface area contributed by atoms with Gasteiger partial charge in [0.25, 0.3) is 0 Å². The number of nitrogens with one attached hydrogen (secondary N) is 1. The number of carbonyl (C=O) groups excluding carboxylic acids is 1. The predicted molar refractivity (Wildman–Crippen MR) is 86.8 cm³/mol. The minimum Gasteiger partial charge on any atom is -0.374 e. The fourth-order valence-corrected chi connectivity index (χ4v) is 1.93. The molecule has 0 amide bonds. The van der Waals surface area contributed by atoms with Gasteiger partial charge in [-0.2, -0.15) is 0 Å². The average molecular weight is 275 g/mol. The molecule has 0 saturated carbocycles. The Hall–Kier alpha value is -2.79. The number of hydrogen-bond donors (Lipinski definition) is 1. The number of allylic oxidation sites excluding steroid dienone is 1. The van der Waals surface area contributed by atoms with E-state index in [2.05, 4.69) is 11.2 Å². The normalized spacial score (nSPS) is 10.8. The topological polar surface area (TPSA) is 29.1 Å². The van der Waals surface area contributed by atoms with Crippen molar-refractivity contribution in [3.63, 3.8) is 0 Å². The summed E-state index contributed by atoms with van der Waals surface area (Å²) in [6.45, 7) is 2.37. The number of hydrogen-bond acceptors (Lipinski definition) is 2. The molecule has 0 aliphatic heterocycles. The molecule has 0 aromatic heterocycles. The molecule has 2 aromatic rings. The van der Waals surface area contributed by atoms with E-state index in [0.29, 0.717) is 12.1 Å². The average Bonchev–Trinajstić information content (AvgIpc) is 2.52. The Morgan fingerprint density at radius 3 is 2.38 bits per heavy atom. The van der Waals surface area contributed by atoms with Crippen LogP contribution in [0.15, 0.2) is 60.7 Å². The molecule has 2 aromatic carbocycles. The van der Waals surface area contributed by atoms with Crippen molar-refractivity contribution in [1.29, 1.82) is 0 Å². The van der Waals surface area contributed by atoms with E-state index in [1.165, 1.54) is 0 Å². The summed E-state index contributed by atoms with van der Waals surface area (Å²) in [5.74, 6) is 2.48. The van der Waals surface area contributed by atoms with E-state index in [4.69, 9.17) is 6.42 Å². The molecule has 0 saturated heterocycles. The van der Waals surface area contributed by atoms with Gasteiger partial charge in [-0.05, 0) is 12.5 Å². The predicted octanol–water partition coefficient (Wildman–Crippen LogP) is 3.44. The molecule has 0 bridgehead atoms. The first kappa shape index (κ1) is 14.6. The van der Waals surface area contributed by atoms with Crippen LogP contribution in [0.3, 0.4) is 0 Å². The molecule has 0 aliphatic carbocycles. The molecule has 0 spiro atoms. The standard InChI is InChI=1S/C19H17NO/c1-3-13-20-18(16-7-5-4-6-8-16)14-19(21)17-11-9-15(2)10-12-17/h1,4-12,14,20H,13H2,2H3/b18-14-. The number of ketones is 1. The Balaban J connectivity index is 2.29. The van der Waals surface area contributed by atoms with Crippen molar-refractivity contribution < 1.29 is 4.79 Å². The number of rotatable bonds is 5. The number of aryl methyl sites for hydroxylation is 1. The molecular formula is C19H17NO. The SMILES string of the molecule is C#CCN/C(=C\C(=O)c1ccc(C)cc1)c1ccccc1. The zero-order chi connectivity index (χ0) is 15.1. The molecule has 0 radical (unpaired) electrons. The molecule has 0 atom stereocenters. The van der Waals surface area contributed by atoms with Crippen LogP contribution >= 0.6 is 0 Å². The van der Waals surface area contributed by atoms with Crippen molar-refractivity contribution >= 4 is 11.5 Å². The molecule has 0 heterocycles. The van der Waals surface area contributed by atoms with E-state index in [1.807, 2.05) is 61.5 Å². The monoisotopic (exact) mass is 275 g/mol. The fraction of sp³-hybridized carbons (Fsp3) is 0.105. The van der Waals surface area contributed by atoms with Gasteiger partial charge in [0.1, 0.15) is 0 Å². The minimum absolute atomic E-state index is 0.0432. The molecule has 21 heavy (non-hydrogen) atoms. The van der Waals surface area contributed by atoms with Gasteiger partial charge in [0.2, 0.25) is 0 Å². The van der Waals surface area contributed by atoms with Crippen LogP contribution in [0.1, 0.15) is 21.5 Å². The van der Waals surface area contributed by atoms with Gasteiger partial charge < -0.3 is 5.32 Å². The third kappa shape index (κ3) is 4.09. The third-order valence-corrected chi connectivity index (χ3v) is 3.08. The van der Waals surface area contributed by atoms with Crippen LogP contribution in [-0.4, -0.2) is 12.3 Å². The molecule has 2 heteroatoms. The van der Waals surface area contributed by atoms with E-state index in [1.54, 1.807) is 6.08 Å². The lowest BCUT2D eigenvalue weighted by Gasteiger charge is -2.09. The van der Waals surface area contributed by atoms with Crippen LogP contribution in [0, 0.1) is 19.3 Å². The van der Waals surface area contributed by atoms with Crippen molar-refractivity contribution in [2.24, 2.45) is 0 Å². The minimum atomic E-state index is -0.0432. The zero-order valence-corrected chi connectivity index (χ0v) is 12.0. The highest BCUT2D eigenvalue weighted by atomic mass is 16.1. The maximum absolute atomic E-state index is 12.3. The van der Waals surface area contributed by atoms with Crippen LogP contribution in [-0.2, 0) is 0 Å². The molecule has 0 unspecified atom stereocenters. The molecule has 0 aliphatic rings. The summed E-state index contributed by atoms with van der Waals surface area (Å²) in [4.78, 5) is 12.3. The van der Waals surface area contributed by atoms with Gasteiger partial charge in [-0.25, -0.2) is 0 Å². The number of benzene rings is 2. The Morgan fingerprint density at radius 1 is 1.10 bits per heavy atom. The van der Waals surface area contributed by atoms with Crippen molar-refractivity contribution in [2.75, 3.05) is 6.54 Å². The number of terminal acetylenes is 1. The summed E-state index contributed by atoms with van der Waals surface area (Å²) >= 11 is 0. The maximum Gasteiger partial charge on any atom is 0.187 e. The largest absolute Gasteiger partial charge is 0.374 e. The Bertz CT molecular complexity index is 676. The highest BCUT2D eigenvalue weighted by Gasteiger charge is 2.06. The van der Waals surface area contributed by atoms with Gasteiger partial charge >= 0.3 is 0 Å². The molecule has 2 nitrogen and oxygen atoms in total. The van der Waals surface area contributed by atoms with Crippen LogP contribution < -0.4 is 5.32 Å². The van der Waals surface area contributed by atoms with E-state index in [0.717, 1.165) is 16.8 Å². The molecular weight excluding hydrogens is 258 g/mol. The summed E-state index contributed by atoms with van der Waals surface area (Å²) in [5, 5.41) is 3.10. The van der Waals surface area contributed by atoms with Crippen LogP contribution in [0.5, 0.6) is 0 Å². The lowest BCUT2D eigenvalue weighted by Crippen LogP contribution is -2.14. The second-order valence-electron chi connectivity index (χ2n) is 4.71. The highest BCUT2D eigenvalue weighted by Crippen LogP contribution is 2.13. The summed E-state index contributed by atoms with van der Waals surface area (Å²) in [7, 11) is 0. The first-order valence-corrected chi connectivity index (χ1v) is 6.76. The Morgan fingerprint density at radius 2 is 1.76 bits per heavy atom. The maximum atomic E-state index is 12.3. The summed E-state index contributed by atoms with van der Waals surface area (Å²) in [5.41, 5.74) is 3.47. The summed E-state index contributed by atoms with van der Waals surface area (Å²) < 4.78 is 0. The van der Waals surface area contributed by atoms with Crippen molar-refractivity contribution in [2.45, 2.75) is 6.92 Å². The third-order valence-electron chi connectivity index (χ3n) is 3.08. The number of carbonyl (C=O) groups is 1. The Kier molecular flexibility index (Phi) is 4.95. The van der Waals surface area contributed by atoms with Gasteiger partial charge in [-0.15, -0.1) is 6.42 Å². The van der Waals surface area contributed by atoms with E-state index in [9.17, 15) is 4.79 Å². The van der Waals surface area contributed by atoms with Gasteiger partial charge in [0.05, 0.1) is 6.54 Å².